The number of ether oxygens (including phenoxy) is 1. The lowest BCUT2D eigenvalue weighted by Gasteiger charge is -2.04. The van der Waals surface area contributed by atoms with Crippen molar-refractivity contribution in [3.05, 3.63) is 11.6 Å². The molecule has 0 radical (unpaired) electrons. The topological polar surface area (TPSA) is 50.1 Å². The third kappa shape index (κ3) is 11.0. The molecule has 0 saturated heterocycles. The Labute approximate surface area is 104 Å². The van der Waals surface area contributed by atoms with Crippen molar-refractivity contribution >= 4 is 5.97 Å². The van der Waals surface area contributed by atoms with Gasteiger partial charge in [-0.2, -0.15) is 5.26 Å². The summed E-state index contributed by atoms with van der Waals surface area (Å²) in [6.45, 7) is 4.21. The number of unbranched alkanes of at least 4 members (excludes halogenated alkanes) is 5. The van der Waals surface area contributed by atoms with Gasteiger partial charge in [0.2, 0.25) is 0 Å². The third-order valence-electron chi connectivity index (χ3n) is 2.51. The fourth-order valence-corrected chi connectivity index (χ4v) is 1.47. The number of rotatable bonds is 9. The first-order valence-corrected chi connectivity index (χ1v) is 6.41. The number of hydrogen-bond donors (Lipinski definition) is 0. The minimum atomic E-state index is -0.161. The van der Waals surface area contributed by atoms with Crippen LogP contribution in [0.5, 0.6) is 0 Å². The van der Waals surface area contributed by atoms with Crippen molar-refractivity contribution in [2.24, 2.45) is 0 Å². The Morgan fingerprint density at radius 1 is 1.24 bits per heavy atom. The van der Waals surface area contributed by atoms with E-state index in [0.29, 0.717) is 6.42 Å². The maximum Gasteiger partial charge on any atom is 0.306 e. The van der Waals surface area contributed by atoms with Gasteiger partial charge in [-0.1, -0.05) is 39.0 Å². The van der Waals surface area contributed by atoms with Crippen molar-refractivity contribution < 1.29 is 9.53 Å². The molecule has 0 atom stereocenters. The first kappa shape index (κ1) is 15.7. The minimum Gasteiger partial charge on any atom is -0.461 e. The quantitative estimate of drug-likeness (QED) is 0.348. The predicted octanol–water partition coefficient (Wildman–Crippen LogP) is 3.75. The molecule has 0 N–H and O–H groups in total. The lowest BCUT2D eigenvalue weighted by molar-refractivity contribution is -0.142. The fraction of sp³-hybridized carbons (Fsp3) is 0.714. The SMILES string of the molecule is CCCCCCCCC(=O)OC/C(C)=C/C#N. The van der Waals surface area contributed by atoms with E-state index >= 15 is 0 Å². The van der Waals surface area contributed by atoms with E-state index in [4.69, 9.17) is 10.00 Å². The molecule has 0 heterocycles. The summed E-state index contributed by atoms with van der Waals surface area (Å²) in [5, 5.41) is 8.38. The summed E-state index contributed by atoms with van der Waals surface area (Å²) in [5.41, 5.74) is 0.781. The van der Waals surface area contributed by atoms with E-state index in [2.05, 4.69) is 6.92 Å². The molecule has 0 aliphatic rings. The zero-order valence-corrected chi connectivity index (χ0v) is 11.0. The van der Waals surface area contributed by atoms with Gasteiger partial charge in [0.15, 0.2) is 0 Å². The highest BCUT2D eigenvalue weighted by Gasteiger charge is 2.02. The Morgan fingerprint density at radius 3 is 2.53 bits per heavy atom. The van der Waals surface area contributed by atoms with Crippen LogP contribution in [0.15, 0.2) is 11.6 Å². The molecule has 0 bridgehead atoms. The molecular formula is C14H23NO2. The summed E-state index contributed by atoms with van der Waals surface area (Å²) in [6, 6.07) is 1.91. The average Bonchev–Trinajstić information content (AvgIpc) is 2.31. The summed E-state index contributed by atoms with van der Waals surface area (Å²) < 4.78 is 5.03. The molecule has 96 valence electrons. The molecular weight excluding hydrogens is 214 g/mol. The summed E-state index contributed by atoms with van der Waals surface area (Å²) in [6.07, 6.45) is 8.88. The van der Waals surface area contributed by atoms with E-state index in [1.165, 1.54) is 31.8 Å². The Morgan fingerprint density at radius 2 is 1.88 bits per heavy atom. The number of allylic oxidation sites excluding steroid dienone is 1. The largest absolute Gasteiger partial charge is 0.461 e. The van der Waals surface area contributed by atoms with E-state index in [1.807, 2.05) is 6.07 Å². The Bertz CT molecular complexity index is 276. The molecule has 3 nitrogen and oxygen atoms in total. The summed E-state index contributed by atoms with van der Waals surface area (Å²) >= 11 is 0. The maximum atomic E-state index is 11.3. The number of carbonyl (C=O) groups excluding carboxylic acids is 1. The number of nitriles is 1. The van der Waals surface area contributed by atoms with Crippen LogP contribution < -0.4 is 0 Å². The van der Waals surface area contributed by atoms with Gasteiger partial charge in [-0.25, -0.2) is 0 Å². The van der Waals surface area contributed by atoms with Crippen molar-refractivity contribution in [1.82, 2.24) is 0 Å². The van der Waals surface area contributed by atoms with Crippen LogP contribution in [0.4, 0.5) is 0 Å². The van der Waals surface area contributed by atoms with Crippen LogP contribution in [0.1, 0.15) is 58.8 Å². The summed E-state index contributed by atoms with van der Waals surface area (Å²) in [7, 11) is 0. The average molecular weight is 237 g/mol. The zero-order chi connectivity index (χ0) is 12.9. The molecule has 0 rings (SSSR count). The Kier molecular flexibility index (Phi) is 10.3. The van der Waals surface area contributed by atoms with Gasteiger partial charge in [-0.3, -0.25) is 4.79 Å². The highest BCUT2D eigenvalue weighted by molar-refractivity contribution is 5.69. The maximum absolute atomic E-state index is 11.3. The van der Waals surface area contributed by atoms with Crippen LogP contribution in [-0.4, -0.2) is 12.6 Å². The van der Waals surface area contributed by atoms with Gasteiger partial charge in [0.1, 0.15) is 6.61 Å². The van der Waals surface area contributed by atoms with Crippen molar-refractivity contribution in [3.63, 3.8) is 0 Å². The molecule has 0 spiro atoms. The van der Waals surface area contributed by atoms with Crippen LogP contribution in [0.25, 0.3) is 0 Å². The van der Waals surface area contributed by atoms with Crippen LogP contribution in [0.2, 0.25) is 0 Å². The second-order valence-electron chi connectivity index (χ2n) is 4.30. The molecule has 0 amide bonds. The van der Waals surface area contributed by atoms with Gasteiger partial charge in [-0.15, -0.1) is 0 Å². The van der Waals surface area contributed by atoms with E-state index in [9.17, 15) is 4.79 Å². The lowest BCUT2D eigenvalue weighted by atomic mass is 10.1. The molecule has 0 aromatic heterocycles. The minimum absolute atomic E-state index is 0.161. The first-order valence-electron chi connectivity index (χ1n) is 6.41. The second-order valence-corrected chi connectivity index (χ2v) is 4.30. The molecule has 3 heteroatoms. The monoisotopic (exact) mass is 237 g/mol. The lowest BCUT2D eigenvalue weighted by Crippen LogP contribution is -2.06. The van der Waals surface area contributed by atoms with Gasteiger partial charge in [0.05, 0.1) is 6.07 Å². The first-order chi connectivity index (χ1) is 8.20. The number of nitrogens with zero attached hydrogens (tertiary/aromatic N) is 1. The summed E-state index contributed by atoms with van der Waals surface area (Å²) in [4.78, 5) is 11.3. The Hall–Kier alpha value is -1.30. The predicted molar refractivity (Wildman–Crippen MR) is 68.3 cm³/mol. The van der Waals surface area contributed by atoms with Gasteiger partial charge < -0.3 is 4.74 Å². The molecule has 0 aliphatic carbocycles. The molecule has 0 aliphatic heterocycles. The van der Waals surface area contributed by atoms with Crippen molar-refractivity contribution in [2.45, 2.75) is 58.8 Å². The molecule has 0 aromatic rings. The van der Waals surface area contributed by atoms with E-state index < -0.39 is 0 Å². The smallest absolute Gasteiger partial charge is 0.306 e. The molecule has 0 fully saturated rings. The number of carbonyl (C=O) groups is 1. The highest BCUT2D eigenvalue weighted by atomic mass is 16.5. The highest BCUT2D eigenvalue weighted by Crippen LogP contribution is 2.07. The van der Waals surface area contributed by atoms with Crippen molar-refractivity contribution in [1.29, 1.82) is 5.26 Å². The molecule has 17 heavy (non-hydrogen) atoms. The molecule has 0 saturated carbocycles. The van der Waals surface area contributed by atoms with Gasteiger partial charge in [-0.05, 0) is 18.9 Å². The molecule has 0 unspecified atom stereocenters. The van der Waals surface area contributed by atoms with E-state index in [-0.39, 0.29) is 12.6 Å². The second kappa shape index (κ2) is 11.2. The Balaban J connectivity index is 3.42. The van der Waals surface area contributed by atoms with Gasteiger partial charge >= 0.3 is 5.97 Å². The summed E-state index contributed by atoms with van der Waals surface area (Å²) in [5.74, 6) is -0.161. The molecule has 0 aromatic carbocycles. The standard InChI is InChI=1S/C14H23NO2/c1-3-4-5-6-7-8-9-14(16)17-12-13(2)10-11-15/h10H,3-9,12H2,1-2H3/b13-10+. The number of hydrogen-bond acceptors (Lipinski definition) is 3. The number of esters is 1. The van der Waals surface area contributed by atoms with E-state index in [0.717, 1.165) is 18.4 Å². The van der Waals surface area contributed by atoms with Crippen molar-refractivity contribution in [3.8, 4) is 6.07 Å². The van der Waals surface area contributed by atoms with E-state index in [1.54, 1.807) is 6.92 Å². The van der Waals surface area contributed by atoms with Crippen LogP contribution in [0.3, 0.4) is 0 Å². The van der Waals surface area contributed by atoms with Gasteiger partial charge in [0.25, 0.3) is 0 Å². The zero-order valence-electron chi connectivity index (χ0n) is 11.0. The fourth-order valence-electron chi connectivity index (χ4n) is 1.47. The third-order valence-corrected chi connectivity index (χ3v) is 2.51. The van der Waals surface area contributed by atoms with Crippen molar-refractivity contribution in [2.75, 3.05) is 6.61 Å². The van der Waals surface area contributed by atoms with Crippen LogP contribution in [-0.2, 0) is 9.53 Å². The normalized spacial score (nSPS) is 11.0. The van der Waals surface area contributed by atoms with Gasteiger partial charge in [0, 0.05) is 12.5 Å². The van der Waals surface area contributed by atoms with Crippen LogP contribution in [0, 0.1) is 11.3 Å². The van der Waals surface area contributed by atoms with Crippen LogP contribution >= 0.6 is 0 Å².